The van der Waals surface area contributed by atoms with Crippen LogP contribution in [0, 0.1) is 0 Å². The molecule has 2 saturated heterocycles. The van der Waals surface area contributed by atoms with Crippen molar-refractivity contribution in [1.29, 1.82) is 0 Å². The number of aliphatic hydroxyl groups excluding tert-OH is 1. The predicted octanol–water partition coefficient (Wildman–Crippen LogP) is 0.312. The summed E-state index contributed by atoms with van der Waals surface area (Å²) in [5.41, 5.74) is 0.0324. The minimum absolute atomic E-state index is 0. The van der Waals surface area contributed by atoms with Crippen molar-refractivity contribution in [2.45, 2.75) is 31.0 Å². The van der Waals surface area contributed by atoms with E-state index in [1.165, 1.54) is 0 Å². The van der Waals surface area contributed by atoms with Crippen molar-refractivity contribution in [3.63, 3.8) is 0 Å². The Morgan fingerprint density at radius 2 is 2.00 bits per heavy atom. The second-order valence-electron chi connectivity index (χ2n) is 3.60. The van der Waals surface area contributed by atoms with Crippen molar-refractivity contribution < 1.29 is 9.84 Å². The van der Waals surface area contributed by atoms with Crippen LogP contribution in [-0.2, 0) is 4.74 Å². The van der Waals surface area contributed by atoms with Gasteiger partial charge in [0, 0.05) is 6.42 Å². The van der Waals surface area contributed by atoms with Gasteiger partial charge in [0.1, 0.15) is 0 Å². The Labute approximate surface area is 78.9 Å². The standard InChI is InChI=1S/C8H15NO2.ClH/c10-7-5-8(11-6-7)1-3-9-4-2-8;/h7,9-10H,1-6H2;1H. The highest BCUT2D eigenvalue weighted by Crippen LogP contribution is 2.33. The van der Waals surface area contributed by atoms with Gasteiger partial charge in [-0.25, -0.2) is 0 Å². The second kappa shape index (κ2) is 3.92. The van der Waals surface area contributed by atoms with E-state index < -0.39 is 0 Å². The maximum atomic E-state index is 9.30. The molecule has 72 valence electrons. The molecular formula is C8H16ClNO2. The third kappa shape index (κ3) is 1.91. The van der Waals surface area contributed by atoms with Crippen LogP contribution in [-0.4, -0.2) is 36.5 Å². The van der Waals surface area contributed by atoms with Crippen LogP contribution in [0.5, 0.6) is 0 Å². The van der Waals surface area contributed by atoms with Crippen LogP contribution in [0.1, 0.15) is 19.3 Å². The summed E-state index contributed by atoms with van der Waals surface area (Å²) in [7, 11) is 0. The van der Waals surface area contributed by atoms with Gasteiger partial charge in [-0.15, -0.1) is 12.4 Å². The first-order valence-electron chi connectivity index (χ1n) is 4.34. The van der Waals surface area contributed by atoms with Gasteiger partial charge in [-0.2, -0.15) is 0 Å². The number of hydrogen-bond acceptors (Lipinski definition) is 3. The summed E-state index contributed by atoms with van der Waals surface area (Å²) in [5, 5.41) is 12.6. The summed E-state index contributed by atoms with van der Waals surface area (Å²) in [4.78, 5) is 0. The van der Waals surface area contributed by atoms with Crippen LogP contribution in [0.25, 0.3) is 0 Å². The molecule has 2 heterocycles. The van der Waals surface area contributed by atoms with Crippen LogP contribution in [0.15, 0.2) is 0 Å². The van der Waals surface area contributed by atoms with Gasteiger partial charge in [0.15, 0.2) is 0 Å². The van der Waals surface area contributed by atoms with Crippen molar-refractivity contribution in [3.05, 3.63) is 0 Å². The normalized spacial score (nSPS) is 33.2. The van der Waals surface area contributed by atoms with E-state index in [0.29, 0.717) is 6.61 Å². The molecule has 2 fully saturated rings. The number of aliphatic hydroxyl groups is 1. The van der Waals surface area contributed by atoms with E-state index in [9.17, 15) is 5.11 Å². The average Bonchev–Trinajstić information content (AvgIpc) is 2.34. The summed E-state index contributed by atoms with van der Waals surface area (Å²) >= 11 is 0. The molecule has 2 aliphatic heterocycles. The van der Waals surface area contributed by atoms with Gasteiger partial charge in [0.25, 0.3) is 0 Å². The van der Waals surface area contributed by atoms with Crippen LogP contribution >= 0.6 is 12.4 Å². The van der Waals surface area contributed by atoms with Crippen molar-refractivity contribution in [3.8, 4) is 0 Å². The Morgan fingerprint density at radius 1 is 1.33 bits per heavy atom. The average molecular weight is 194 g/mol. The molecule has 3 nitrogen and oxygen atoms in total. The predicted molar refractivity (Wildman–Crippen MR) is 48.7 cm³/mol. The maximum absolute atomic E-state index is 9.30. The van der Waals surface area contributed by atoms with E-state index in [1.807, 2.05) is 0 Å². The summed E-state index contributed by atoms with van der Waals surface area (Å²) in [5.74, 6) is 0. The molecule has 0 saturated carbocycles. The lowest BCUT2D eigenvalue weighted by Crippen LogP contribution is -2.41. The monoisotopic (exact) mass is 193 g/mol. The van der Waals surface area contributed by atoms with E-state index in [0.717, 1.165) is 32.4 Å². The summed E-state index contributed by atoms with van der Waals surface area (Å²) in [6.45, 7) is 2.61. The highest BCUT2D eigenvalue weighted by molar-refractivity contribution is 5.85. The molecule has 12 heavy (non-hydrogen) atoms. The SMILES string of the molecule is Cl.OC1COC2(CCNCC2)C1. The van der Waals surface area contributed by atoms with Gasteiger partial charge in [-0.05, 0) is 25.9 Å². The van der Waals surface area contributed by atoms with E-state index >= 15 is 0 Å². The molecule has 1 atom stereocenters. The largest absolute Gasteiger partial charge is 0.391 e. The first-order chi connectivity index (χ1) is 5.31. The lowest BCUT2D eigenvalue weighted by molar-refractivity contribution is -0.0209. The lowest BCUT2D eigenvalue weighted by Gasteiger charge is -2.32. The Balaban J connectivity index is 0.000000720. The van der Waals surface area contributed by atoms with Crippen molar-refractivity contribution >= 4 is 12.4 Å². The molecule has 0 aromatic heterocycles. The molecule has 0 aliphatic carbocycles. The quantitative estimate of drug-likeness (QED) is 0.582. The number of piperidine rings is 1. The smallest absolute Gasteiger partial charge is 0.0801 e. The maximum Gasteiger partial charge on any atom is 0.0801 e. The third-order valence-corrected chi connectivity index (χ3v) is 2.70. The van der Waals surface area contributed by atoms with Crippen LogP contribution in [0.3, 0.4) is 0 Å². The fourth-order valence-electron chi connectivity index (χ4n) is 2.05. The fourth-order valence-corrected chi connectivity index (χ4v) is 2.05. The van der Waals surface area contributed by atoms with Gasteiger partial charge in [-0.1, -0.05) is 0 Å². The Hall–Kier alpha value is 0.170. The first kappa shape index (κ1) is 10.3. The molecule has 2 N–H and O–H groups in total. The minimum atomic E-state index is -0.215. The molecule has 0 aromatic carbocycles. The number of halogens is 1. The molecular weight excluding hydrogens is 178 g/mol. The summed E-state index contributed by atoms with van der Waals surface area (Å²) in [6, 6.07) is 0. The van der Waals surface area contributed by atoms with Crippen LogP contribution in [0.2, 0.25) is 0 Å². The van der Waals surface area contributed by atoms with Gasteiger partial charge in [0.2, 0.25) is 0 Å². The zero-order chi connectivity index (χ0) is 7.73. The molecule has 4 heteroatoms. The third-order valence-electron chi connectivity index (χ3n) is 2.70. The molecule has 0 amide bonds. The topological polar surface area (TPSA) is 41.5 Å². The Kier molecular flexibility index (Phi) is 3.35. The molecule has 0 radical (unpaired) electrons. The minimum Gasteiger partial charge on any atom is -0.391 e. The van der Waals surface area contributed by atoms with Gasteiger partial charge < -0.3 is 15.2 Å². The molecule has 2 rings (SSSR count). The number of hydrogen-bond donors (Lipinski definition) is 2. The first-order valence-corrected chi connectivity index (χ1v) is 4.34. The zero-order valence-electron chi connectivity index (χ0n) is 7.08. The van der Waals surface area contributed by atoms with Crippen molar-refractivity contribution in [2.75, 3.05) is 19.7 Å². The van der Waals surface area contributed by atoms with Crippen LogP contribution < -0.4 is 5.32 Å². The fraction of sp³-hybridized carbons (Fsp3) is 1.00. The highest BCUT2D eigenvalue weighted by atomic mass is 35.5. The number of nitrogens with one attached hydrogen (secondary N) is 1. The number of ether oxygens (including phenoxy) is 1. The van der Waals surface area contributed by atoms with Gasteiger partial charge in [0.05, 0.1) is 18.3 Å². The molecule has 0 aromatic rings. The van der Waals surface area contributed by atoms with Gasteiger partial charge >= 0.3 is 0 Å². The van der Waals surface area contributed by atoms with Crippen LogP contribution in [0.4, 0.5) is 0 Å². The van der Waals surface area contributed by atoms with Crippen molar-refractivity contribution in [2.24, 2.45) is 0 Å². The number of rotatable bonds is 0. The van der Waals surface area contributed by atoms with E-state index in [4.69, 9.17) is 4.74 Å². The second-order valence-corrected chi connectivity index (χ2v) is 3.60. The Morgan fingerprint density at radius 3 is 2.50 bits per heavy atom. The highest BCUT2D eigenvalue weighted by Gasteiger charge is 2.40. The van der Waals surface area contributed by atoms with Crippen molar-refractivity contribution in [1.82, 2.24) is 5.32 Å². The molecule has 1 spiro atoms. The molecule has 2 aliphatic rings. The molecule has 0 bridgehead atoms. The molecule has 1 unspecified atom stereocenters. The van der Waals surface area contributed by atoms with E-state index in [-0.39, 0.29) is 24.1 Å². The summed E-state index contributed by atoms with van der Waals surface area (Å²) in [6.07, 6.45) is 2.75. The van der Waals surface area contributed by atoms with E-state index in [2.05, 4.69) is 5.32 Å². The summed E-state index contributed by atoms with van der Waals surface area (Å²) < 4.78 is 5.60. The Bertz CT molecular complexity index is 142. The zero-order valence-corrected chi connectivity index (χ0v) is 7.90. The van der Waals surface area contributed by atoms with Gasteiger partial charge in [-0.3, -0.25) is 0 Å². The lowest BCUT2D eigenvalue weighted by atomic mass is 9.89. The van der Waals surface area contributed by atoms with E-state index in [1.54, 1.807) is 0 Å².